The number of amides is 1. The van der Waals surface area contributed by atoms with E-state index in [9.17, 15) is 9.18 Å². The Morgan fingerprint density at radius 1 is 1.03 bits per heavy atom. The highest BCUT2D eigenvalue weighted by atomic mass is 19.1. The Kier molecular flexibility index (Phi) is 6.83. The van der Waals surface area contributed by atoms with Crippen LogP contribution < -0.4 is 10.2 Å². The number of carbonyl (C=O) groups is 1. The number of hydrogen-bond acceptors (Lipinski definition) is 5. The van der Waals surface area contributed by atoms with Gasteiger partial charge in [-0.05, 0) is 47.1 Å². The molecular weight excluding hydrogens is 455 g/mol. The molecule has 7 heteroatoms. The van der Waals surface area contributed by atoms with Gasteiger partial charge in [-0.25, -0.2) is 4.39 Å². The van der Waals surface area contributed by atoms with E-state index in [1.54, 1.807) is 0 Å². The average Bonchev–Trinajstić information content (AvgIpc) is 2.90. The number of anilines is 2. The van der Waals surface area contributed by atoms with Gasteiger partial charge in [0.25, 0.3) is 5.91 Å². The van der Waals surface area contributed by atoms with Crippen LogP contribution in [0.25, 0.3) is 16.7 Å². The van der Waals surface area contributed by atoms with Gasteiger partial charge in [0.1, 0.15) is 5.82 Å². The lowest BCUT2D eigenvalue weighted by Crippen LogP contribution is -2.36. The zero-order chi connectivity index (χ0) is 25.2. The number of carbonyl (C=O) groups excluding carboxylic acids is 1. The van der Waals surface area contributed by atoms with Crippen molar-refractivity contribution in [3.63, 3.8) is 0 Å². The van der Waals surface area contributed by atoms with Gasteiger partial charge < -0.3 is 15.0 Å². The van der Waals surface area contributed by atoms with Gasteiger partial charge in [-0.3, -0.25) is 14.8 Å². The van der Waals surface area contributed by atoms with Gasteiger partial charge in [0.15, 0.2) is 0 Å². The van der Waals surface area contributed by atoms with E-state index in [4.69, 9.17) is 4.74 Å². The number of benzene rings is 1. The number of ether oxygens (including phenoxy) is 1. The quantitative estimate of drug-likeness (QED) is 0.503. The second kappa shape index (κ2) is 10.2. The van der Waals surface area contributed by atoms with Crippen LogP contribution in [0.2, 0.25) is 0 Å². The van der Waals surface area contributed by atoms with Crippen LogP contribution in [-0.4, -0.2) is 42.2 Å². The van der Waals surface area contributed by atoms with Crippen LogP contribution in [0.4, 0.5) is 15.8 Å². The van der Waals surface area contributed by atoms with Gasteiger partial charge in [-0.2, -0.15) is 0 Å². The summed E-state index contributed by atoms with van der Waals surface area (Å²) in [6.45, 7) is 9.57. The van der Waals surface area contributed by atoms with E-state index in [0.29, 0.717) is 24.5 Å². The first-order valence-electron chi connectivity index (χ1n) is 12.5. The SMILES string of the molecule is CCC1=C(C(=O)Nc2cncc(F)c2)c2cc(-c3cncc(N4CCOCC4)c3)ccc2C(C)C1C. The number of hydrogen-bond donors (Lipinski definition) is 1. The molecule has 6 nitrogen and oxygen atoms in total. The van der Waals surface area contributed by atoms with Crippen molar-refractivity contribution in [2.75, 3.05) is 36.5 Å². The standard InChI is InChI=1S/C29H31FN4O2/c1-4-25-18(2)19(3)26-6-5-20(21-11-24(17-31-14-21)34-7-9-36-10-8-34)12-27(26)28(25)29(35)33-23-13-22(30)15-32-16-23/h5-6,11-19H,4,7-10H2,1-3H3,(H,33,35). The van der Waals surface area contributed by atoms with Crippen LogP contribution in [0.15, 0.2) is 60.7 Å². The molecule has 2 atom stereocenters. The number of morpholine rings is 1. The number of allylic oxidation sites excluding steroid dienone is 1. The van der Waals surface area contributed by atoms with E-state index >= 15 is 0 Å². The number of halogens is 1. The van der Waals surface area contributed by atoms with Crippen molar-refractivity contribution >= 4 is 22.9 Å². The maximum absolute atomic E-state index is 13.7. The number of pyridine rings is 2. The smallest absolute Gasteiger partial charge is 0.256 e. The molecule has 1 aromatic carbocycles. The minimum Gasteiger partial charge on any atom is -0.378 e. The zero-order valence-electron chi connectivity index (χ0n) is 20.9. The summed E-state index contributed by atoms with van der Waals surface area (Å²) in [6.07, 6.45) is 7.09. The third-order valence-electron chi connectivity index (χ3n) is 7.44. The molecule has 0 saturated carbocycles. The zero-order valence-corrected chi connectivity index (χ0v) is 20.9. The fourth-order valence-electron chi connectivity index (χ4n) is 5.34. The minimum atomic E-state index is -0.488. The van der Waals surface area contributed by atoms with Crippen molar-refractivity contribution in [3.8, 4) is 11.1 Å². The highest BCUT2D eigenvalue weighted by Crippen LogP contribution is 2.45. The molecule has 0 radical (unpaired) electrons. The summed E-state index contributed by atoms with van der Waals surface area (Å²) >= 11 is 0. The summed E-state index contributed by atoms with van der Waals surface area (Å²) in [4.78, 5) is 24.3. The number of nitrogens with zero attached hydrogens (tertiary/aromatic N) is 3. The molecule has 2 aromatic heterocycles. The fourth-order valence-corrected chi connectivity index (χ4v) is 5.34. The maximum Gasteiger partial charge on any atom is 0.256 e. The Balaban J connectivity index is 1.56. The number of fused-ring (bicyclic) bond motifs is 1. The maximum atomic E-state index is 13.7. The van der Waals surface area contributed by atoms with Crippen molar-refractivity contribution in [3.05, 3.63) is 77.6 Å². The molecule has 1 N–H and O–H groups in total. The van der Waals surface area contributed by atoms with Crippen LogP contribution in [-0.2, 0) is 9.53 Å². The third kappa shape index (κ3) is 4.63. The van der Waals surface area contributed by atoms with Gasteiger partial charge in [0, 0.05) is 36.5 Å². The molecule has 1 aliphatic heterocycles. The average molecular weight is 487 g/mol. The highest BCUT2D eigenvalue weighted by Gasteiger charge is 2.33. The van der Waals surface area contributed by atoms with Crippen LogP contribution >= 0.6 is 0 Å². The lowest BCUT2D eigenvalue weighted by molar-refractivity contribution is -0.111. The molecule has 2 unspecified atom stereocenters. The first kappa shape index (κ1) is 24.1. The van der Waals surface area contributed by atoms with E-state index < -0.39 is 5.82 Å². The van der Waals surface area contributed by atoms with E-state index in [1.807, 2.05) is 12.4 Å². The van der Waals surface area contributed by atoms with E-state index in [1.165, 1.54) is 12.3 Å². The minimum absolute atomic E-state index is 0.214. The van der Waals surface area contributed by atoms with Gasteiger partial charge in [-0.1, -0.05) is 38.5 Å². The van der Waals surface area contributed by atoms with Crippen LogP contribution in [0.1, 0.15) is 44.2 Å². The van der Waals surface area contributed by atoms with Crippen molar-refractivity contribution in [2.45, 2.75) is 33.1 Å². The summed E-state index contributed by atoms with van der Waals surface area (Å²) < 4.78 is 19.2. The van der Waals surface area contributed by atoms with E-state index in [0.717, 1.165) is 59.2 Å². The molecule has 1 fully saturated rings. The largest absolute Gasteiger partial charge is 0.378 e. The summed E-state index contributed by atoms with van der Waals surface area (Å²) in [5.41, 5.74) is 7.25. The number of aromatic nitrogens is 2. The Morgan fingerprint density at radius 2 is 1.81 bits per heavy atom. The molecule has 186 valence electrons. The topological polar surface area (TPSA) is 67.4 Å². The van der Waals surface area contributed by atoms with Crippen LogP contribution in [0, 0.1) is 11.7 Å². The van der Waals surface area contributed by atoms with E-state index in [2.05, 4.69) is 65.2 Å². The number of rotatable bonds is 5. The third-order valence-corrected chi connectivity index (χ3v) is 7.44. The molecule has 3 heterocycles. The molecule has 1 amide bonds. The molecule has 2 aliphatic rings. The molecule has 36 heavy (non-hydrogen) atoms. The molecule has 0 spiro atoms. The molecule has 0 bridgehead atoms. The Labute approximate surface area is 211 Å². The van der Waals surface area contributed by atoms with E-state index in [-0.39, 0.29) is 17.7 Å². The van der Waals surface area contributed by atoms with Gasteiger partial charge >= 0.3 is 0 Å². The van der Waals surface area contributed by atoms with Gasteiger partial charge in [-0.15, -0.1) is 0 Å². The Bertz CT molecular complexity index is 1320. The second-order valence-electron chi connectivity index (χ2n) is 9.51. The highest BCUT2D eigenvalue weighted by molar-refractivity contribution is 6.27. The number of nitrogens with one attached hydrogen (secondary N) is 1. The lowest BCUT2D eigenvalue weighted by atomic mass is 9.71. The Hall–Kier alpha value is -3.58. The van der Waals surface area contributed by atoms with Crippen molar-refractivity contribution in [1.29, 1.82) is 0 Å². The van der Waals surface area contributed by atoms with Crippen molar-refractivity contribution in [2.24, 2.45) is 5.92 Å². The van der Waals surface area contributed by atoms with Gasteiger partial charge in [0.2, 0.25) is 0 Å². The predicted octanol–water partition coefficient (Wildman–Crippen LogP) is 5.67. The molecule has 3 aromatic rings. The second-order valence-corrected chi connectivity index (χ2v) is 9.51. The summed E-state index contributed by atoms with van der Waals surface area (Å²) in [5.74, 6) is -0.240. The molecule has 1 saturated heterocycles. The summed E-state index contributed by atoms with van der Waals surface area (Å²) in [6, 6.07) is 9.79. The van der Waals surface area contributed by atoms with Crippen LogP contribution in [0.5, 0.6) is 0 Å². The van der Waals surface area contributed by atoms with Crippen LogP contribution in [0.3, 0.4) is 0 Å². The monoisotopic (exact) mass is 486 g/mol. The normalized spacial score (nSPS) is 19.7. The summed E-state index contributed by atoms with van der Waals surface area (Å²) in [7, 11) is 0. The lowest BCUT2D eigenvalue weighted by Gasteiger charge is -2.33. The Morgan fingerprint density at radius 3 is 2.56 bits per heavy atom. The first-order chi connectivity index (χ1) is 17.5. The molecular formula is C29H31FN4O2. The fraction of sp³-hybridized carbons (Fsp3) is 0.345. The molecule has 1 aliphatic carbocycles. The first-order valence-corrected chi connectivity index (χ1v) is 12.5. The van der Waals surface area contributed by atoms with Crippen molar-refractivity contribution < 1.29 is 13.9 Å². The van der Waals surface area contributed by atoms with Crippen molar-refractivity contribution in [1.82, 2.24) is 9.97 Å². The summed E-state index contributed by atoms with van der Waals surface area (Å²) in [5, 5.41) is 2.87. The predicted molar refractivity (Wildman–Crippen MR) is 140 cm³/mol. The molecule has 5 rings (SSSR count). The van der Waals surface area contributed by atoms with Gasteiger partial charge in [0.05, 0.1) is 43.2 Å².